The van der Waals surface area contributed by atoms with Crippen LogP contribution >= 0.6 is 0 Å². The fraction of sp³-hybridized carbons (Fsp3) is 0.143. The quantitative estimate of drug-likeness (QED) is 0.593. The number of hydrogen-bond donors (Lipinski definition) is 2. The van der Waals surface area contributed by atoms with Crippen molar-refractivity contribution in [2.24, 2.45) is 5.73 Å². The van der Waals surface area contributed by atoms with Gasteiger partial charge in [0.2, 0.25) is 11.5 Å². The second-order valence-corrected chi connectivity index (χ2v) is 2.18. The number of nitrogens with two attached hydrogens (primary N) is 1. The second-order valence-electron chi connectivity index (χ2n) is 2.18. The van der Waals surface area contributed by atoms with E-state index in [1.807, 2.05) is 0 Å². The predicted octanol–water partition coefficient (Wildman–Crippen LogP) is -0.597. The number of primary amides is 1. The molecule has 0 bridgehead atoms. The molecule has 4 heteroatoms. The molecule has 4 nitrogen and oxygen atoms in total. The van der Waals surface area contributed by atoms with Crippen LogP contribution in [0.3, 0.4) is 0 Å². The summed E-state index contributed by atoms with van der Waals surface area (Å²) in [5, 5.41) is 0. The van der Waals surface area contributed by atoms with Gasteiger partial charge in [0.15, 0.2) is 0 Å². The van der Waals surface area contributed by atoms with Crippen LogP contribution in [0.2, 0.25) is 0 Å². The van der Waals surface area contributed by atoms with Crippen LogP contribution in [0.15, 0.2) is 23.0 Å². The van der Waals surface area contributed by atoms with E-state index in [-0.39, 0.29) is 12.0 Å². The number of nitrogens with one attached hydrogen (secondary N) is 1. The van der Waals surface area contributed by atoms with Crippen molar-refractivity contribution in [1.29, 1.82) is 0 Å². The van der Waals surface area contributed by atoms with E-state index in [0.717, 1.165) is 0 Å². The fourth-order valence-electron chi connectivity index (χ4n) is 0.784. The first kappa shape index (κ1) is 7.53. The van der Waals surface area contributed by atoms with Crippen LogP contribution in [0.25, 0.3) is 0 Å². The Hall–Kier alpha value is -1.58. The van der Waals surface area contributed by atoms with Crippen LogP contribution in [-0.2, 0) is 11.2 Å². The molecule has 1 rings (SSSR count). The van der Waals surface area contributed by atoms with Gasteiger partial charge in [-0.25, -0.2) is 0 Å². The summed E-state index contributed by atoms with van der Waals surface area (Å²) in [6.45, 7) is 0. The predicted molar refractivity (Wildman–Crippen MR) is 40.0 cm³/mol. The Morgan fingerprint density at radius 1 is 1.55 bits per heavy atom. The monoisotopic (exact) mass is 152 g/mol. The van der Waals surface area contributed by atoms with E-state index in [4.69, 9.17) is 5.73 Å². The third kappa shape index (κ3) is 2.25. The Morgan fingerprint density at radius 2 is 2.27 bits per heavy atom. The van der Waals surface area contributed by atoms with Gasteiger partial charge in [-0.05, 0) is 6.07 Å². The van der Waals surface area contributed by atoms with E-state index < -0.39 is 5.91 Å². The number of pyridine rings is 1. The van der Waals surface area contributed by atoms with Gasteiger partial charge in [0.25, 0.3) is 0 Å². The molecule has 0 atom stereocenters. The molecule has 0 saturated carbocycles. The van der Waals surface area contributed by atoms with E-state index >= 15 is 0 Å². The summed E-state index contributed by atoms with van der Waals surface area (Å²) >= 11 is 0. The summed E-state index contributed by atoms with van der Waals surface area (Å²) in [4.78, 5) is 23.5. The first-order valence-electron chi connectivity index (χ1n) is 3.15. The van der Waals surface area contributed by atoms with Gasteiger partial charge in [-0.3, -0.25) is 9.59 Å². The van der Waals surface area contributed by atoms with E-state index in [1.165, 1.54) is 6.07 Å². The lowest BCUT2D eigenvalue weighted by Gasteiger charge is -1.94. The molecular formula is C7H8N2O2. The highest BCUT2D eigenvalue weighted by Crippen LogP contribution is 1.89. The highest BCUT2D eigenvalue weighted by atomic mass is 16.1. The lowest BCUT2D eigenvalue weighted by Crippen LogP contribution is -2.17. The van der Waals surface area contributed by atoms with Gasteiger partial charge in [0, 0.05) is 11.8 Å². The highest BCUT2D eigenvalue weighted by Gasteiger charge is 1.96. The van der Waals surface area contributed by atoms with Gasteiger partial charge in [0.1, 0.15) is 0 Å². The SMILES string of the molecule is NC(=O)Cc1cccc(=O)[nH]1. The molecule has 11 heavy (non-hydrogen) atoms. The fourth-order valence-corrected chi connectivity index (χ4v) is 0.784. The van der Waals surface area contributed by atoms with Crippen LogP contribution in [0, 0.1) is 0 Å². The zero-order valence-electron chi connectivity index (χ0n) is 5.83. The van der Waals surface area contributed by atoms with Crippen LogP contribution in [0.1, 0.15) is 5.69 Å². The van der Waals surface area contributed by atoms with Crippen molar-refractivity contribution in [3.05, 3.63) is 34.2 Å². The standard InChI is InChI=1S/C7H8N2O2/c8-6(10)4-5-2-1-3-7(11)9-5/h1-3H,4H2,(H2,8,10)(H,9,11). The number of carbonyl (C=O) groups excluding carboxylic acids is 1. The van der Waals surface area contributed by atoms with Crippen molar-refractivity contribution in [1.82, 2.24) is 4.98 Å². The number of rotatable bonds is 2. The molecule has 0 radical (unpaired) electrons. The van der Waals surface area contributed by atoms with Gasteiger partial charge < -0.3 is 10.7 Å². The van der Waals surface area contributed by atoms with Gasteiger partial charge in [-0.15, -0.1) is 0 Å². The first-order valence-corrected chi connectivity index (χ1v) is 3.15. The Labute approximate surface area is 63.0 Å². The summed E-state index contributed by atoms with van der Waals surface area (Å²) in [6.07, 6.45) is 0.0794. The van der Waals surface area contributed by atoms with Gasteiger partial charge in [-0.1, -0.05) is 6.07 Å². The summed E-state index contributed by atoms with van der Waals surface area (Å²) in [5.41, 5.74) is 5.24. The van der Waals surface area contributed by atoms with Crippen molar-refractivity contribution < 1.29 is 4.79 Å². The molecule has 1 amide bonds. The third-order valence-electron chi connectivity index (χ3n) is 1.19. The first-order chi connectivity index (χ1) is 5.18. The van der Waals surface area contributed by atoms with E-state index in [0.29, 0.717) is 5.69 Å². The maximum absolute atomic E-state index is 10.7. The normalized spacial score (nSPS) is 9.45. The molecule has 1 heterocycles. The van der Waals surface area contributed by atoms with Gasteiger partial charge in [0.05, 0.1) is 6.42 Å². The van der Waals surface area contributed by atoms with Crippen molar-refractivity contribution in [2.45, 2.75) is 6.42 Å². The Kier molecular flexibility index (Phi) is 2.06. The molecule has 1 aromatic heterocycles. The Balaban J connectivity index is 2.88. The maximum Gasteiger partial charge on any atom is 0.248 e. The lowest BCUT2D eigenvalue weighted by atomic mass is 10.3. The van der Waals surface area contributed by atoms with Crippen molar-refractivity contribution in [3.8, 4) is 0 Å². The molecule has 0 aliphatic carbocycles. The summed E-state index contributed by atoms with van der Waals surface area (Å²) in [6, 6.07) is 4.60. The van der Waals surface area contributed by atoms with E-state index in [2.05, 4.69) is 4.98 Å². The molecule has 0 aliphatic rings. The summed E-state index contributed by atoms with van der Waals surface area (Å²) in [5.74, 6) is -0.452. The molecule has 3 N–H and O–H groups in total. The molecule has 0 saturated heterocycles. The minimum Gasteiger partial charge on any atom is -0.369 e. The lowest BCUT2D eigenvalue weighted by molar-refractivity contribution is -0.117. The van der Waals surface area contributed by atoms with Crippen LogP contribution < -0.4 is 11.3 Å². The number of amides is 1. The maximum atomic E-state index is 10.7. The van der Waals surface area contributed by atoms with Crippen molar-refractivity contribution in [2.75, 3.05) is 0 Å². The minimum absolute atomic E-state index is 0.0794. The number of aromatic amines is 1. The zero-order chi connectivity index (χ0) is 8.27. The van der Waals surface area contributed by atoms with Gasteiger partial charge in [-0.2, -0.15) is 0 Å². The molecule has 0 fully saturated rings. The van der Waals surface area contributed by atoms with E-state index in [9.17, 15) is 9.59 Å². The largest absolute Gasteiger partial charge is 0.369 e. The zero-order valence-corrected chi connectivity index (χ0v) is 5.83. The van der Waals surface area contributed by atoms with Crippen LogP contribution in [-0.4, -0.2) is 10.9 Å². The highest BCUT2D eigenvalue weighted by molar-refractivity contribution is 5.75. The number of aromatic nitrogens is 1. The smallest absolute Gasteiger partial charge is 0.248 e. The Morgan fingerprint density at radius 3 is 2.82 bits per heavy atom. The third-order valence-corrected chi connectivity index (χ3v) is 1.19. The van der Waals surface area contributed by atoms with Crippen LogP contribution in [0.4, 0.5) is 0 Å². The van der Waals surface area contributed by atoms with Crippen LogP contribution in [0.5, 0.6) is 0 Å². The molecule has 0 aliphatic heterocycles. The summed E-state index contributed by atoms with van der Waals surface area (Å²) < 4.78 is 0. The number of carbonyl (C=O) groups is 1. The van der Waals surface area contributed by atoms with Gasteiger partial charge >= 0.3 is 0 Å². The molecule has 0 aromatic carbocycles. The number of hydrogen-bond acceptors (Lipinski definition) is 2. The minimum atomic E-state index is -0.452. The topological polar surface area (TPSA) is 76.0 Å². The van der Waals surface area contributed by atoms with E-state index in [1.54, 1.807) is 12.1 Å². The average Bonchev–Trinajstić information content (AvgIpc) is 1.85. The van der Waals surface area contributed by atoms with Crippen molar-refractivity contribution >= 4 is 5.91 Å². The summed E-state index contributed by atoms with van der Waals surface area (Å²) in [7, 11) is 0. The average molecular weight is 152 g/mol. The molecular weight excluding hydrogens is 144 g/mol. The molecule has 1 aromatic rings. The molecule has 0 spiro atoms. The second kappa shape index (κ2) is 3.01. The molecule has 0 unspecified atom stereocenters. The number of H-pyrrole nitrogens is 1. The Bertz CT molecular complexity index is 316. The van der Waals surface area contributed by atoms with Crippen molar-refractivity contribution in [3.63, 3.8) is 0 Å². The molecule has 58 valence electrons.